The zero-order valence-electron chi connectivity index (χ0n) is 13.7. The quantitative estimate of drug-likeness (QED) is 0.618. The summed E-state index contributed by atoms with van der Waals surface area (Å²) in [6.45, 7) is 1.49. The van der Waals surface area contributed by atoms with E-state index in [0.29, 0.717) is 11.3 Å². The molecule has 0 spiro atoms. The number of hydrogen-bond acceptors (Lipinski definition) is 5. The van der Waals surface area contributed by atoms with Gasteiger partial charge in [0.05, 0.1) is 4.92 Å². The molecule has 0 radical (unpaired) electrons. The molecule has 1 unspecified atom stereocenters. The van der Waals surface area contributed by atoms with Crippen LogP contribution in [0.4, 0.5) is 11.4 Å². The lowest BCUT2D eigenvalue weighted by Crippen LogP contribution is -2.30. The smallest absolute Gasteiger partial charge is 0.310 e. The van der Waals surface area contributed by atoms with Crippen molar-refractivity contribution in [2.24, 2.45) is 0 Å². The Kier molecular flexibility index (Phi) is 5.67. The number of carbonyl (C=O) groups is 2. The maximum Gasteiger partial charge on any atom is 0.310 e. The van der Waals surface area contributed by atoms with Crippen molar-refractivity contribution in [2.75, 3.05) is 12.4 Å². The van der Waals surface area contributed by atoms with Crippen molar-refractivity contribution in [2.45, 2.75) is 13.0 Å². The summed E-state index contributed by atoms with van der Waals surface area (Å²) in [6.07, 6.45) is -0.945. The molecule has 2 aromatic carbocycles. The van der Waals surface area contributed by atoms with Gasteiger partial charge in [-0.25, -0.2) is 0 Å². The summed E-state index contributed by atoms with van der Waals surface area (Å²) in [6, 6.07) is 12.1. The number of amides is 2. The van der Waals surface area contributed by atoms with E-state index in [1.54, 1.807) is 30.3 Å². The molecule has 0 aromatic heterocycles. The standard InChI is InChI=1S/C17H17N3O5/c1-11(25-15-6-4-3-5-14(15)20(23)24)16(21)19-13-9-7-12(8-10-13)17(22)18-2/h3-11H,1-2H3,(H,18,22)(H,19,21). The first kappa shape index (κ1) is 17.9. The first-order chi connectivity index (χ1) is 11.9. The Morgan fingerprint density at radius 3 is 2.36 bits per heavy atom. The Morgan fingerprint density at radius 1 is 1.12 bits per heavy atom. The SMILES string of the molecule is CNC(=O)c1ccc(NC(=O)C(C)Oc2ccccc2[N+](=O)[O-])cc1. The molecule has 2 aromatic rings. The molecule has 25 heavy (non-hydrogen) atoms. The van der Waals surface area contributed by atoms with Crippen LogP contribution in [0.2, 0.25) is 0 Å². The monoisotopic (exact) mass is 343 g/mol. The van der Waals surface area contributed by atoms with Crippen LogP contribution >= 0.6 is 0 Å². The highest BCUT2D eigenvalue weighted by Gasteiger charge is 2.20. The van der Waals surface area contributed by atoms with Crippen LogP contribution in [0.25, 0.3) is 0 Å². The fourth-order valence-corrected chi connectivity index (χ4v) is 2.04. The van der Waals surface area contributed by atoms with E-state index in [9.17, 15) is 19.7 Å². The van der Waals surface area contributed by atoms with Gasteiger partial charge in [0.15, 0.2) is 11.9 Å². The highest BCUT2D eigenvalue weighted by molar-refractivity contribution is 5.96. The number of carbonyl (C=O) groups excluding carboxylic acids is 2. The van der Waals surface area contributed by atoms with Crippen LogP contribution in [0.3, 0.4) is 0 Å². The number of nitro groups is 1. The van der Waals surface area contributed by atoms with Crippen LogP contribution in [0.1, 0.15) is 17.3 Å². The minimum atomic E-state index is -0.945. The van der Waals surface area contributed by atoms with Gasteiger partial charge in [0, 0.05) is 24.4 Å². The molecule has 0 bridgehead atoms. The third kappa shape index (κ3) is 4.54. The summed E-state index contributed by atoms with van der Waals surface area (Å²) in [7, 11) is 1.53. The summed E-state index contributed by atoms with van der Waals surface area (Å²) in [4.78, 5) is 34.1. The number of ether oxygens (including phenoxy) is 1. The van der Waals surface area contributed by atoms with Gasteiger partial charge >= 0.3 is 5.69 Å². The molecule has 2 N–H and O–H groups in total. The summed E-state index contributed by atoms with van der Waals surface area (Å²) < 4.78 is 5.40. The summed E-state index contributed by atoms with van der Waals surface area (Å²) >= 11 is 0. The lowest BCUT2D eigenvalue weighted by atomic mass is 10.2. The maximum absolute atomic E-state index is 12.2. The highest BCUT2D eigenvalue weighted by Crippen LogP contribution is 2.27. The van der Waals surface area contributed by atoms with E-state index in [2.05, 4.69) is 10.6 Å². The van der Waals surface area contributed by atoms with E-state index in [1.807, 2.05) is 0 Å². The van der Waals surface area contributed by atoms with Crippen LogP contribution in [-0.4, -0.2) is 29.9 Å². The van der Waals surface area contributed by atoms with Crippen LogP contribution < -0.4 is 15.4 Å². The Bertz CT molecular complexity index is 789. The van der Waals surface area contributed by atoms with Crippen molar-refractivity contribution in [1.29, 1.82) is 0 Å². The second-order valence-corrected chi connectivity index (χ2v) is 5.13. The van der Waals surface area contributed by atoms with Crippen LogP contribution in [-0.2, 0) is 4.79 Å². The molecule has 0 saturated carbocycles. The molecule has 0 aliphatic rings. The molecular weight excluding hydrogens is 326 g/mol. The van der Waals surface area contributed by atoms with Crippen molar-refractivity contribution in [3.8, 4) is 5.75 Å². The third-order valence-electron chi connectivity index (χ3n) is 3.38. The second-order valence-electron chi connectivity index (χ2n) is 5.13. The number of para-hydroxylation sites is 2. The molecule has 2 rings (SSSR count). The van der Waals surface area contributed by atoms with Gasteiger partial charge in [-0.1, -0.05) is 12.1 Å². The molecule has 2 amide bonds. The molecule has 0 aliphatic carbocycles. The normalized spacial score (nSPS) is 11.3. The number of nitro benzene ring substituents is 1. The van der Waals surface area contributed by atoms with Gasteiger partial charge in [0.1, 0.15) is 0 Å². The maximum atomic E-state index is 12.2. The molecule has 0 saturated heterocycles. The predicted octanol–water partition coefficient (Wildman–Crippen LogP) is 2.36. The lowest BCUT2D eigenvalue weighted by Gasteiger charge is -2.14. The fourth-order valence-electron chi connectivity index (χ4n) is 2.04. The second kappa shape index (κ2) is 7.91. The topological polar surface area (TPSA) is 111 Å². The lowest BCUT2D eigenvalue weighted by molar-refractivity contribution is -0.386. The zero-order valence-corrected chi connectivity index (χ0v) is 13.7. The van der Waals surface area contributed by atoms with Gasteiger partial charge in [-0.15, -0.1) is 0 Å². The van der Waals surface area contributed by atoms with Crippen molar-refractivity contribution in [1.82, 2.24) is 5.32 Å². The highest BCUT2D eigenvalue weighted by atomic mass is 16.6. The molecular formula is C17H17N3O5. The number of anilines is 1. The van der Waals surface area contributed by atoms with Crippen molar-refractivity contribution in [3.63, 3.8) is 0 Å². The molecule has 0 fully saturated rings. The molecule has 0 aliphatic heterocycles. The largest absolute Gasteiger partial charge is 0.474 e. The molecule has 1 atom stereocenters. The van der Waals surface area contributed by atoms with Gasteiger partial charge in [0.25, 0.3) is 11.8 Å². The molecule has 8 heteroatoms. The Balaban J connectivity index is 2.03. The van der Waals surface area contributed by atoms with Gasteiger partial charge in [-0.05, 0) is 37.3 Å². The molecule has 130 valence electrons. The van der Waals surface area contributed by atoms with Crippen LogP contribution in [0.5, 0.6) is 5.75 Å². The minimum absolute atomic E-state index is 0.0186. The Morgan fingerprint density at radius 2 is 1.76 bits per heavy atom. The van der Waals surface area contributed by atoms with E-state index < -0.39 is 16.9 Å². The van der Waals surface area contributed by atoms with Gasteiger partial charge in [-0.2, -0.15) is 0 Å². The van der Waals surface area contributed by atoms with Gasteiger partial charge in [-0.3, -0.25) is 19.7 Å². The summed E-state index contributed by atoms with van der Waals surface area (Å²) in [5, 5.41) is 16.1. The van der Waals surface area contributed by atoms with Crippen molar-refractivity contribution < 1.29 is 19.2 Å². The Labute approximate surface area is 144 Å². The number of nitrogens with zero attached hydrogens (tertiary/aromatic N) is 1. The first-order valence-electron chi connectivity index (χ1n) is 7.45. The van der Waals surface area contributed by atoms with Gasteiger partial charge in [0.2, 0.25) is 0 Å². The predicted molar refractivity (Wildman–Crippen MR) is 91.6 cm³/mol. The fraction of sp³-hybridized carbons (Fsp3) is 0.176. The van der Waals surface area contributed by atoms with E-state index in [-0.39, 0.29) is 17.3 Å². The average molecular weight is 343 g/mol. The van der Waals surface area contributed by atoms with Crippen molar-refractivity contribution >= 4 is 23.2 Å². The first-order valence-corrected chi connectivity index (χ1v) is 7.45. The van der Waals surface area contributed by atoms with Crippen LogP contribution in [0, 0.1) is 10.1 Å². The van der Waals surface area contributed by atoms with Gasteiger partial charge < -0.3 is 15.4 Å². The Hall–Kier alpha value is -3.42. The van der Waals surface area contributed by atoms with E-state index >= 15 is 0 Å². The van der Waals surface area contributed by atoms with Crippen molar-refractivity contribution in [3.05, 3.63) is 64.2 Å². The molecule has 8 nitrogen and oxygen atoms in total. The summed E-state index contributed by atoms with van der Waals surface area (Å²) in [5.74, 6) is -0.679. The van der Waals surface area contributed by atoms with Crippen LogP contribution in [0.15, 0.2) is 48.5 Å². The summed E-state index contributed by atoms with van der Waals surface area (Å²) in [5.41, 5.74) is 0.734. The minimum Gasteiger partial charge on any atom is -0.474 e. The third-order valence-corrected chi connectivity index (χ3v) is 3.38. The number of nitrogens with one attached hydrogen (secondary N) is 2. The number of rotatable bonds is 6. The van der Waals surface area contributed by atoms with E-state index in [0.717, 1.165) is 0 Å². The zero-order chi connectivity index (χ0) is 18.4. The van der Waals surface area contributed by atoms with E-state index in [4.69, 9.17) is 4.74 Å². The molecule has 0 heterocycles. The number of hydrogen-bond donors (Lipinski definition) is 2. The average Bonchev–Trinajstić information content (AvgIpc) is 2.61. The van der Waals surface area contributed by atoms with E-state index in [1.165, 1.54) is 32.2 Å². The number of benzene rings is 2.